The number of benzene rings is 1. The fourth-order valence-corrected chi connectivity index (χ4v) is 1.76. The first-order chi connectivity index (χ1) is 9.92. The summed E-state index contributed by atoms with van der Waals surface area (Å²) in [5.41, 5.74) is -0.170. The predicted molar refractivity (Wildman–Crippen MR) is 73.1 cm³/mol. The topological polar surface area (TPSA) is 54.0 Å². The summed E-state index contributed by atoms with van der Waals surface area (Å²) in [7, 11) is 1.60. The van der Waals surface area contributed by atoms with Crippen LogP contribution in [0.2, 0.25) is 5.02 Å². The molecular weight excluding hydrogens is 307 g/mol. The molecule has 2 rings (SSSR count). The summed E-state index contributed by atoms with van der Waals surface area (Å²) in [5.74, 6) is -4.72. The molecule has 0 aliphatic heterocycles. The van der Waals surface area contributed by atoms with Crippen LogP contribution >= 0.6 is 11.6 Å². The van der Waals surface area contributed by atoms with Gasteiger partial charge in [0.2, 0.25) is 0 Å². The molecule has 0 bridgehead atoms. The highest BCUT2D eigenvalue weighted by molar-refractivity contribution is 6.34. The molecule has 2 N–H and O–H groups in total. The second-order valence-electron chi connectivity index (χ2n) is 4.01. The molecule has 0 radical (unpaired) electrons. The van der Waals surface area contributed by atoms with E-state index in [0.29, 0.717) is 18.0 Å². The Balaban J connectivity index is 2.30. The van der Waals surface area contributed by atoms with Crippen molar-refractivity contribution in [2.24, 2.45) is 0 Å². The molecule has 0 saturated carbocycles. The van der Waals surface area contributed by atoms with Gasteiger partial charge in [0.05, 0.1) is 10.6 Å². The number of aromatic nitrogens is 1. The van der Waals surface area contributed by atoms with Crippen LogP contribution in [0.3, 0.4) is 0 Å². The zero-order chi connectivity index (χ0) is 15.6. The number of hydrogen-bond donors (Lipinski definition) is 2. The lowest BCUT2D eigenvalue weighted by Crippen LogP contribution is -2.14. The summed E-state index contributed by atoms with van der Waals surface area (Å²) in [6, 6.07) is 2.71. The van der Waals surface area contributed by atoms with E-state index < -0.39 is 23.4 Å². The normalized spacial score (nSPS) is 10.3. The van der Waals surface area contributed by atoms with E-state index in [1.165, 1.54) is 12.3 Å². The zero-order valence-electron chi connectivity index (χ0n) is 10.7. The van der Waals surface area contributed by atoms with Crippen LogP contribution in [0.25, 0.3) is 0 Å². The van der Waals surface area contributed by atoms with Crippen molar-refractivity contribution in [3.05, 3.63) is 52.4 Å². The first-order valence-corrected chi connectivity index (χ1v) is 6.09. The number of nitrogens with one attached hydrogen (secondary N) is 2. The molecule has 1 aromatic carbocycles. The number of amides is 1. The molecule has 0 saturated heterocycles. The van der Waals surface area contributed by atoms with Crippen molar-refractivity contribution in [2.45, 2.75) is 0 Å². The lowest BCUT2D eigenvalue weighted by atomic mass is 10.2. The van der Waals surface area contributed by atoms with E-state index in [1.807, 2.05) is 0 Å². The van der Waals surface area contributed by atoms with Crippen LogP contribution in [0.1, 0.15) is 10.4 Å². The van der Waals surface area contributed by atoms with Crippen LogP contribution in [0.4, 0.5) is 24.7 Å². The maximum absolute atomic E-state index is 13.1. The summed E-state index contributed by atoms with van der Waals surface area (Å²) in [6.45, 7) is 0. The Hall–Kier alpha value is -2.28. The fourth-order valence-electron chi connectivity index (χ4n) is 1.58. The van der Waals surface area contributed by atoms with E-state index in [9.17, 15) is 18.0 Å². The summed E-state index contributed by atoms with van der Waals surface area (Å²) in [5, 5.41) is 5.02. The number of carbonyl (C=O) groups is 1. The summed E-state index contributed by atoms with van der Waals surface area (Å²) >= 11 is 5.84. The summed E-state index contributed by atoms with van der Waals surface area (Å²) < 4.78 is 39.0. The molecule has 0 aliphatic carbocycles. The number of carbonyl (C=O) groups excluding carboxylic acids is 1. The minimum Gasteiger partial charge on any atom is -0.373 e. The fraction of sp³-hybridized carbons (Fsp3) is 0.0769. The van der Waals surface area contributed by atoms with E-state index in [-0.39, 0.29) is 16.3 Å². The van der Waals surface area contributed by atoms with E-state index in [1.54, 1.807) is 7.05 Å². The molecule has 0 aliphatic rings. The lowest BCUT2D eigenvalue weighted by Gasteiger charge is -2.09. The third-order valence-electron chi connectivity index (χ3n) is 2.60. The minimum absolute atomic E-state index is 0.0566. The number of pyridine rings is 1. The highest BCUT2D eigenvalue weighted by Crippen LogP contribution is 2.21. The van der Waals surface area contributed by atoms with Gasteiger partial charge in [0.25, 0.3) is 5.91 Å². The van der Waals surface area contributed by atoms with Gasteiger partial charge in [-0.2, -0.15) is 0 Å². The number of hydrogen-bond acceptors (Lipinski definition) is 3. The van der Waals surface area contributed by atoms with Gasteiger partial charge in [-0.15, -0.1) is 0 Å². The van der Waals surface area contributed by atoms with Crippen molar-refractivity contribution in [2.75, 3.05) is 17.7 Å². The number of halogens is 4. The Bertz CT molecular complexity index is 686. The Kier molecular flexibility index (Phi) is 4.32. The molecule has 2 aromatic rings. The van der Waals surface area contributed by atoms with E-state index in [0.717, 1.165) is 0 Å². The molecule has 0 atom stereocenters. The van der Waals surface area contributed by atoms with Crippen molar-refractivity contribution in [3.8, 4) is 0 Å². The van der Waals surface area contributed by atoms with E-state index in [4.69, 9.17) is 11.6 Å². The molecule has 1 amide bonds. The third-order valence-corrected chi connectivity index (χ3v) is 2.90. The molecule has 1 aromatic heterocycles. The molecule has 0 unspecified atom stereocenters. The third kappa shape index (κ3) is 3.25. The summed E-state index contributed by atoms with van der Waals surface area (Å²) in [6.07, 6.45) is 1.26. The van der Waals surface area contributed by atoms with Gasteiger partial charge >= 0.3 is 0 Å². The standard InChI is InChI=1S/C13H9ClF3N3O/c1-18-11-4-7(8(14)5-19-11)13(21)20-6-2-9(15)12(17)10(16)3-6/h2-5H,1H3,(H,18,19)(H,20,21). The van der Waals surface area contributed by atoms with Crippen LogP contribution in [-0.2, 0) is 0 Å². The number of rotatable bonds is 3. The number of anilines is 2. The molecule has 21 heavy (non-hydrogen) atoms. The predicted octanol–water partition coefficient (Wildman–Crippen LogP) is 3.45. The van der Waals surface area contributed by atoms with Gasteiger partial charge in [0.1, 0.15) is 5.82 Å². The van der Waals surface area contributed by atoms with Crippen molar-refractivity contribution >= 4 is 29.0 Å². The van der Waals surface area contributed by atoms with Crippen LogP contribution in [0, 0.1) is 17.5 Å². The van der Waals surface area contributed by atoms with Gasteiger partial charge < -0.3 is 10.6 Å². The molecule has 1 heterocycles. The molecule has 0 fully saturated rings. The zero-order valence-corrected chi connectivity index (χ0v) is 11.4. The van der Waals surface area contributed by atoms with Crippen molar-refractivity contribution < 1.29 is 18.0 Å². The van der Waals surface area contributed by atoms with Gasteiger partial charge in [-0.05, 0) is 6.07 Å². The van der Waals surface area contributed by atoms with Gasteiger partial charge in [0, 0.05) is 31.1 Å². The molecular formula is C13H9ClF3N3O. The summed E-state index contributed by atoms with van der Waals surface area (Å²) in [4.78, 5) is 15.9. The maximum atomic E-state index is 13.1. The second-order valence-corrected chi connectivity index (χ2v) is 4.41. The minimum atomic E-state index is -1.60. The van der Waals surface area contributed by atoms with Gasteiger partial charge in [-0.3, -0.25) is 4.79 Å². The Morgan fingerprint density at radius 1 is 1.19 bits per heavy atom. The van der Waals surface area contributed by atoms with E-state index in [2.05, 4.69) is 15.6 Å². The number of nitrogens with zero attached hydrogens (tertiary/aromatic N) is 1. The van der Waals surface area contributed by atoms with E-state index >= 15 is 0 Å². The van der Waals surface area contributed by atoms with Gasteiger partial charge in [-0.1, -0.05) is 11.6 Å². The largest absolute Gasteiger partial charge is 0.373 e. The van der Waals surface area contributed by atoms with Crippen molar-refractivity contribution in [3.63, 3.8) is 0 Å². The first kappa shape index (κ1) is 15.1. The maximum Gasteiger partial charge on any atom is 0.257 e. The average Bonchev–Trinajstić information content (AvgIpc) is 2.45. The Morgan fingerprint density at radius 2 is 1.81 bits per heavy atom. The van der Waals surface area contributed by atoms with Gasteiger partial charge in [0.15, 0.2) is 17.5 Å². The quantitative estimate of drug-likeness (QED) is 0.853. The SMILES string of the molecule is CNc1cc(C(=O)Nc2cc(F)c(F)c(F)c2)c(Cl)cn1. The van der Waals surface area contributed by atoms with Crippen LogP contribution in [-0.4, -0.2) is 17.9 Å². The molecule has 110 valence electrons. The smallest absolute Gasteiger partial charge is 0.257 e. The monoisotopic (exact) mass is 315 g/mol. The molecule has 0 spiro atoms. The Morgan fingerprint density at radius 3 is 2.38 bits per heavy atom. The average molecular weight is 316 g/mol. The van der Waals surface area contributed by atoms with Crippen molar-refractivity contribution in [1.29, 1.82) is 0 Å². The van der Waals surface area contributed by atoms with Crippen LogP contribution in [0.5, 0.6) is 0 Å². The van der Waals surface area contributed by atoms with Gasteiger partial charge in [-0.25, -0.2) is 18.2 Å². The highest BCUT2D eigenvalue weighted by atomic mass is 35.5. The van der Waals surface area contributed by atoms with Crippen molar-refractivity contribution in [1.82, 2.24) is 4.98 Å². The lowest BCUT2D eigenvalue weighted by molar-refractivity contribution is 0.102. The molecule has 8 heteroatoms. The van der Waals surface area contributed by atoms with Crippen LogP contribution in [0.15, 0.2) is 24.4 Å². The first-order valence-electron chi connectivity index (χ1n) is 5.71. The molecule has 4 nitrogen and oxygen atoms in total. The Labute approximate surface area is 122 Å². The second kappa shape index (κ2) is 6.01. The van der Waals surface area contributed by atoms with Crippen LogP contribution < -0.4 is 10.6 Å². The highest BCUT2D eigenvalue weighted by Gasteiger charge is 2.15.